The zero-order chi connectivity index (χ0) is 15.8. The van der Waals surface area contributed by atoms with Gasteiger partial charge in [0.15, 0.2) is 0 Å². The summed E-state index contributed by atoms with van der Waals surface area (Å²) in [5.41, 5.74) is 1.72. The minimum absolute atomic E-state index is 0.0354. The van der Waals surface area contributed by atoms with Gasteiger partial charge in [0, 0.05) is 31.4 Å². The molecule has 2 rings (SSSR count). The Bertz CT molecular complexity index is 617. The van der Waals surface area contributed by atoms with Crippen molar-refractivity contribution >= 4 is 11.8 Å². The summed E-state index contributed by atoms with van der Waals surface area (Å²) in [7, 11) is 0. The van der Waals surface area contributed by atoms with Crippen LogP contribution >= 0.6 is 0 Å². The number of rotatable bonds is 6. The van der Waals surface area contributed by atoms with Gasteiger partial charge in [-0.25, -0.2) is 0 Å². The second-order valence-corrected chi connectivity index (χ2v) is 4.82. The minimum atomic E-state index is -0.370. The molecule has 2 aromatic rings. The molecule has 114 valence electrons. The zero-order valence-electron chi connectivity index (χ0n) is 12.3. The Morgan fingerprint density at radius 1 is 1.09 bits per heavy atom. The summed E-state index contributed by atoms with van der Waals surface area (Å²) in [6.07, 6.45) is 4.04. The van der Waals surface area contributed by atoms with Crippen LogP contribution in [0.25, 0.3) is 0 Å². The van der Waals surface area contributed by atoms with Gasteiger partial charge in [0.1, 0.15) is 0 Å². The number of nitrogens with zero attached hydrogens (tertiary/aromatic N) is 2. The lowest BCUT2D eigenvalue weighted by Gasteiger charge is -2.17. The van der Waals surface area contributed by atoms with Crippen LogP contribution in [0, 0.1) is 0 Å². The van der Waals surface area contributed by atoms with Gasteiger partial charge in [0.05, 0.1) is 18.3 Å². The Balaban J connectivity index is 2.05. The predicted octanol–water partition coefficient (Wildman–Crippen LogP) is 1.01. The highest BCUT2D eigenvalue weighted by Crippen LogP contribution is 2.14. The van der Waals surface area contributed by atoms with Crippen LogP contribution in [0.3, 0.4) is 0 Å². The fraction of sp³-hybridized carbons (Fsp3) is 0.250. The normalized spacial score (nSPS) is 11.7. The van der Waals surface area contributed by atoms with Crippen LogP contribution in [0.15, 0.2) is 48.8 Å². The first kappa shape index (κ1) is 15.8. The summed E-state index contributed by atoms with van der Waals surface area (Å²) in [5, 5.41) is 5.36. The Morgan fingerprint density at radius 2 is 1.82 bits per heavy atom. The van der Waals surface area contributed by atoms with E-state index in [0.29, 0.717) is 6.42 Å². The molecule has 0 spiro atoms. The van der Waals surface area contributed by atoms with Crippen molar-refractivity contribution in [3.8, 4) is 0 Å². The fourth-order valence-corrected chi connectivity index (χ4v) is 2.05. The maximum Gasteiger partial charge on any atom is 0.240 e. The maximum absolute atomic E-state index is 11.6. The Morgan fingerprint density at radius 3 is 2.41 bits per heavy atom. The lowest BCUT2D eigenvalue weighted by atomic mass is 10.1. The summed E-state index contributed by atoms with van der Waals surface area (Å²) in [5.74, 6) is -0.736. The second-order valence-electron chi connectivity index (χ2n) is 4.82. The molecule has 1 atom stereocenters. The number of hydrogen-bond donors (Lipinski definition) is 2. The predicted molar refractivity (Wildman–Crippen MR) is 81.7 cm³/mol. The second kappa shape index (κ2) is 7.99. The number of carbonyl (C=O) groups excluding carboxylic acids is 2. The third kappa shape index (κ3) is 5.06. The van der Waals surface area contributed by atoms with Crippen LogP contribution in [0.2, 0.25) is 0 Å². The molecule has 6 heteroatoms. The fourth-order valence-electron chi connectivity index (χ4n) is 2.05. The Hall–Kier alpha value is -2.60. The molecule has 1 unspecified atom stereocenters. The number of nitrogens with one attached hydrogen (secondary N) is 2. The third-order valence-electron chi connectivity index (χ3n) is 3.01. The van der Waals surface area contributed by atoms with Gasteiger partial charge >= 0.3 is 0 Å². The molecule has 0 aromatic carbocycles. The average Bonchev–Trinajstić information content (AvgIpc) is 2.52. The lowest BCUT2D eigenvalue weighted by molar-refractivity contribution is -0.128. The first-order valence-electron chi connectivity index (χ1n) is 7.00. The van der Waals surface area contributed by atoms with Crippen molar-refractivity contribution in [2.45, 2.75) is 19.4 Å². The van der Waals surface area contributed by atoms with Gasteiger partial charge in [-0.1, -0.05) is 12.1 Å². The topological polar surface area (TPSA) is 84.0 Å². The van der Waals surface area contributed by atoms with E-state index in [1.807, 2.05) is 36.4 Å². The molecule has 0 bridgehead atoms. The largest absolute Gasteiger partial charge is 0.300 e. The molecular weight excluding hydrogens is 280 g/mol. The molecule has 6 nitrogen and oxygen atoms in total. The minimum Gasteiger partial charge on any atom is -0.300 e. The van der Waals surface area contributed by atoms with E-state index in [2.05, 4.69) is 20.6 Å². The summed E-state index contributed by atoms with van der Waals surface area (Å²) in [6, 6.07) is 11.2. The number of aromatic nitrogens is 2. The molecule has 0 aliphatic heterocycles. The monoisotopic (exact) mass is 298 g/mol. The first-order chi connectivity index (χ1) is 10.6. The summed E-state index contributed by atoms with van der Waals surface area (Å²) < 4.78 is 0. The Labute approximate surface area is 129 Å². The first-order valence-corrected chi connectivity index (χ1v) is 7.00. The highest BCUT2D eigenvalue weighted by atomic mass is 16.2. The summed E-state index contributed by atoms with van der Waals surface area (Å²) >= 11 is 0. The molecule has 0 radical (unpaired) electrons. The standard InChI is InChI=1S/C16H18N4O2/c1-12(21)20-16(22)11-19-15(14-7-3-5-9-18-14)10-13-6-2-4-8-17-13/h2-9,15,19H,10-11H2,1H3,(H,20,21,22). The molecule has 2 N–H and O–H groups in total. The highest BCUT2D eigenvalue weighted by molar-refractivity contribution is 5.94. The van der Waals surface area contributed by atoms with E-state index in [1.54, 1.807) is 12.4 Å². The highest BCUT2D eigenvalue weighted by Gasteiger charge is 2.15. The SMILES string of the molecule is CC(=O)NC(=O)CNC(Cc1ccccn1)c1ccccn1. The molecule has 0 fully saturated rings. The van der Waals surface area contributed by atoms with E-state index in [9.17, 15) is 9.59 Å². The van der Waals surface area contributed by atoms with Gasteiger partial charge < -0.3 is 0 Å². The number of carbonyl (C=O) groups is 2. The zero-order valence-corrected chi connectivity index (χ0v) is 12.3. The number of pyridine rings is 2. The van der Waals surface area contributed by atoms with Gasteiger partial charge in [-0.3, -0.25) is 30.2 Å². The maximum atomic E-state index is 11.6. The number of imide groups is 1. The van der Waals surface area contributed by atoms with E-state index in [1.165, 1.54) is 6.92 Å². The molecule has 0 aliphatic rings. The van der Waals surface area contributed by atoms with Crippen molar-refractivity contribution < 1.29 is 9.59 Å². The smallest absolute Gasteiger partial charge is 0.240 e. The average molecular weight is 298 g/mol. The van der Waals surface area contributed by atoms with Crippen molar-refractivity contribution in [1.29, 1.82) is 0 Å². The van der Waals surface area contributed by atoms with Crippen molar-refractivity contribution in [3.63, 3.8) is 0 Å². The van der Waals surface area contributed by atoms with Gasteiger partial charge in [-0.05, 0) is 24.3 Å². The van der Waals surface area contributed by atoms with Gasteiger partial charge in [-0.2, -0.15) is 0 Å². The van der Waals surface area contributed by atoms with Gasteiger partial charge in [0.2, 0.25) is 11.8 Å². The van der Waals surface area contributed by atoms with Gasteiger partial charge in [0.25, 0.3) is 0 Å². The van der Waals surface area contributed by atoms with Crippen molar-refractivity contribution in [1.82, 2.24) is 20.6 Å². The molecule has 2 amide bonds. The quantitative estimate of drug-likeness (QED) is 0.831. The Kier molecular flexibility index (Phi) is 5.73. The van der Waals surface area contributed by atoms with E-state index >= 15 is 0 Å². The van der Waals surface area contributed by atoms with Crippen LogP contribution in [-0.2, 0) is 16.0 Å². The molecule has 0 saturated carbocycles. The van der Waals surface area contributed by atoms with Crippen LogP contribution in [0.1, 0.15) is 24.4 Å². The lowest BCUT2D eigenvalue weighted by Crippen LogP contribution is -2.38. The van der Waals surface area contributed by atoms with Crippen LogP contribution in [0.4, 0.5) is 0 Å². The van der Waals surface area contributed by atoms with Crippen LogP contribution < -0.4 is 10.6 Å². The third-order valence-corrected chi connectivity index (χ3v) is 3.01. The number of amides is 2. The molecule has 22 heavy (non-hydrogen) atoms. The van der Waals surface area contributed by atoms with Crippen LogP contribution in [0.5, 0.6) is 0 Å². The van der Waals surface area contributed by atoms with E-state index < -0.39 is 0 Å². The molecule has 2 aromatic heterocycles. The van der Waals surface area contributed by atoms with E-state index in [0.717, 1.165) is 11.4 Å². The molecule has 0 aliphatic carbocycles. The van der Waals surface area contributed by atoms with Crippen molar-refractivity contribution in [3.05, 3.63) is 60.2 Å². The van der Waals surface area contributed by atoms with E-state index in [-0.39, 0.29) is 24.4 Å². The van der Waals surface area contributed by atoms with E-state index in [4.69, 9.17) is 0 Å². The van der Waals surface area contributed by atoms with Crippen molar-refractivity contribution in [2.24, 2.45) is 0 Å². The molecular formula is C16H18N4O2. The van der Waals surface area contributed by atoms with Gasteiger partial charge in [-0.15, -0.1) is 0 Å². The molecule has 2 heterocycles. The van der Waals surface area contributed by atoms with Crippen molar-refractivity contribution in [2.75, 3.05) is 6.54 Å². The van der Waals surface area contributed by atoms with Crippen LogP contribution in [-0.4, -0.2) is 28.3 Å². The molecule has 0 saturated heterocycles. The number of hydrogen-bond acceptors (Lipinski definition) is 5. The summed E-state index contributed by atoms with van der Waals surface area (Å²) in [6.45, 7) is 1.34. The summed E-state index contributed by atoms with van der Waals surface area (Å²) in [4.78, 5) is 31.1.